The highest BCUT2D eigenvalue weighted by Crippen LogP contribution is 2.29. The number of hydrogen-bond acceptors (Lipinski definition) is 3. The Bertz CT molecular complexity index is 1110. The zero-order valence-corrected chi connectivity index (χ0v) is 16.9. The zero-order chi connectivity index (χ0) is 21.1. The van der Waals surface area contributed by atoms with Gasteiger partial charge in [-0.05, 0) is 61.9 Å². The standard InChI is InChI=1S/C24H24FN3O2/c1-2-21(23(29)26-18-14-12-17(25)13-15-18)28-24(30)20-11-7-6-10-19(20)22(27-28)16-8-4-3-5-9-16/h3-5,8-9,12-15,21H,2,6-7,10-11H2,1H3,(H,26,29). The molecule has 1 unspecified atom stereocenters. The van der Waals surface area contributed by atoms with E-state index in [2.05, 4.69) is 10.4 Å². The third kappa shape index (κ3) is 3.90. The van der Waals surface area contributed by atoms with Crippen molar-refractivity contribution in [2.75, 3.05) is 5.32 Å². The average molecular weight is 405 g/mol. The Hall–Kier alpha value is -3.28. The lowest BCUT2D eigenvalue weighted by Gasteiger charge is -2.23. The summed E-state index contributed by atoms with van der Waals surface area (Å²) < 4.78 is 14.5. The van der Waals surface area contributed by atoms with Gasteiger partial charge in [0.1, 0.15) is 11.9 Å². The van der Waals surface area contributed by atoms with Crippen molar-refractivity contribution in [2.45, 2.75) is 45.1 Å². The Morgan fingerprint density at radius 1 is 1.07 bits per heavy atom. The van der Waals surface area contributed by atoms with E-state index in [0.717, 1.165) is 41.6 Å². The fourth-order valence-corrected chi connectivity index (χ4v) is 4.02. The maximum absolute atomic E-state index is 13.3. The lowest BCUT2D eigenvalue weighted by atomic mass is 9.89. The minimum Gasteiger partial charge on any atom is -0.324 e. The van der Waals surface area contributed by atoms with Crippen LogP contribution in [-0.4, -0.2) is 15.7 Å². The molecule has 1 amide bonds. The van der Waals surface area contributed by atoms with E-state index < -0.39 is 6.04 Å². The van der Waals surface area contributed by atoms with Crippen LogP contribution < -0.4 is 10.9 Å². The first-order valence-electron chi connectivity index (χ1n) is 10.3. The third-order valence-electron chi connectivity index (χ3n) is 5.57. The predicted octanol–water partition coefficient (Wildman–Crippen LogP) is 4.52. The topological polar surface area (TPSA) is 64.0 Å². The second-order valence-corrected chi connectivity index (χ2v) is 7.55. The number of halogens is 1. The lowest BCUT2D eigenvalue weighted by molar-refractivity contribution is -0.119. The van der Waals surface area contributed by atoms with Crippen LogP contribution in [0.2, 0.25) is 0 Å². The summed E-state index contributed by atoms with van der Waals surface area (Å²) in [5.41, 5.74) is 3.78. The van der Waals surface area contributed by atoms with Crippen LogP contribution in [0.15, 0.2) is 59.4 Å². The maximum Gasteiger partial charge on any atom is 0.271 e. The van der Waals surface area contributed by atoms with Gasteiger partial charge < -0.3 is 5.32 Å². The number of carbonyl (C=O) groups is 1. The minimum atomic E-state index is -0.753. The Balaban J connectivity index is 1.77. The summed E-state index contributed by atoms with van der Waals surface area (Å²) in [6, 6.07) is 14.6. The van der Waals surface area contributed by atoms with Gasteiger partial charge >= 0.3 is 0 Å². The molecule has 4 rings (SSSR count). The Morgan fingerprint density at radius 2 is 1.73 bits per heavy atom. The summed E-state index contributed by atoms with van der Waals surface area (Å²) in [4.78, 5) is 26.3. The van der Waals surface area contributed by atoms with Gasteiger partial charge in [-0.15, -0.1) is 0 Å². The zero-order valence-electron chi connectivity index (χ0n) is 16.9. The molecule has 0 fully saturated rings. The molecule has 1 aliphatic rings. The van der Waals surface area contributed by atoms with Crippen molar-refractivity contribution in [1.82, 2.24) is 9.78 Å². The number of nitrogens with one attached hydrogen (secondary N) is 1. The van der Waals surface area contributed by atoms with E-state index in [-0.39, 0.29) is 17.3 Å². The fourth-order valence-electron chi connectivity index (χ4n) is 4.02. The summed E-state index contributed by atoms with van der Waals surface area (Å²) in [5.74, 6) is -0.714. The van der Waals surface area contributed by atoms with E-state index >= 15 is 0 Å². The number of hydrogen-bond donors (Lipinski definition) is 1. The summed E-state index contributed by atoms with van der Waals surface area (Å²) in [7, 11) is 0. The second-order valence-electron chi connectivity index (χ2n) is 7.55. The SMILES string of the molecule is CCC(C(=O)Nc1ccc(F)cc1)n1nc(-c2ccccc2)c2c(c1=O)CCCC2. The summed E-state index contributed by atoms with van der Waals surface area (Å²) in [5, 5.41) is 7.47. The number of rotatable bonds is 5. The summed E-state index contributed by atoms with van der Waals surface area (Å²) >= 11 is 0. The normalized spacial score (nSPS) is 14.1. The number of carbonyl (C=O) groups excluding carboxylic acids is 1. The highest BCUT2D eigenvalue weighted by molar-refractivity contribution is 5.93. The predicted molar refractivity (Wildman–Crippen MR) is 115 cm³/mol. The first kappa shape index (κ1) is 20.0. The maximum atomic E-state index is 13.3. The van der Waals surface area contributed by atoms with Gasteiger partial charge in [-0.1, -0.05) is 37.3 Å². The molecule has 3 aromatic rings. The molecular formula is C24H24FN3O2. The molecule has 1 aliphatic carbocycles. The van der Waals surface area contributed by atoms with E-state index in [0.29, 0.717) is 18.5 Å². The Labute approximate surface area is 174 Å². The molecule has 0 saturated heterocycles. The number of aromatic nitrogens is 2. The molecule has 1 atom stereocenters. The van der Waals surface area contributed by atoms with Gasteiger partial charge in [0, 0.05) is 16.8 Å². The fraction of sp³-hybridized carbons (Fsp3) is 0.292. The second kappa shape index (κ2) is 8.61. The molecular weight excluding hydrogens is 381 g/mol. The third-order valence-corrected chi connectivity index (χ3v) is 5.57. The highest BCUT2D eigenvalue weighted by atomic mass is 19.1. The summed E-state index contributed by atoms with van der Waals surface area (Å²) in [6.07, 6.45) is 3.92. The van der Waals surface area contributed by atoms with Crippen molar-refractivity contribution in [1.29, 1.82) is 0 Å². The van der Waals surface area contributed by atoms with Crippen LogP contribution in [-0.2, 0) is 17.6 Å². The van der Waals surface area contributed by atoms with Crippen molar-refractivity contribution in [3.05, 3.63) is 81.9 Å². The molecule has 0 saturated carbocycles. The van der Waals surface area contributed by atoms with Gasteiger partial charge in [-0.3, -0.25) is 9.59 Å². The largest absolute Gasteiger partial charge is 0.324 e. The molecule has 0 spiro atoms. The van der Waals surface area contributed by atoms with E-state index in [9.17, 15) is 14.0 Å². The van der Waals surface area contributed by atoms with Crippen LogP contribution in [0.4, 0.5) is 10.1 Å². The van der Waals surface area contributed by atoms with Gasteiger partial charge in [-0.25, -0.2) is 9.07 Å². The lowest BCUT2D eigenvalue weighted by Crippen LogP contribution is -2.38. The molecule has 6 heteroatoms. The number of nitrogens with zero attached hydrogens (tertiary/aromatic N) is 2. The van der Waals surface area contributed by atoms with Crippen molar-refractivity contribution in [2.24, 2.45) is 0 Å². The van der Waals surface area contributed by atoms with E-state index in [1.54, 1.807) is 0 Å². The van der Waals surface area contributed by atoms with Crippen LogP contribution in [0, 0.1) is 5.82 Å². The van der Waals surface area contributed by atoms with Crippen LogP contribution in [0.5, 0.6) is 0 Å². The number of fused-ring (bicyclic) bond motifs is 1. The van der Waals surface area contributed by atoms with E-state index in [4.69, 9.17) is 0 Å². The Kier molecular flexibility index (Phi) is 5.74. The van der Waals surface area contributed by atoms with Crippen molar-refractivity contribution in [3.63, 3.8) is 0 Å². The first-order chi connectivity index (χ1) is 14.6. The van der Waals surface area contributed by atoms with Crippen molar-refractivity contribution < 1.29 is 9.18 Å². The van der Waals surface area contributed by atoms with Crippen LogP contribution in [0.3, 0.4) is 0 Å². The Morgan fingerprint density at radius 3 is 2.40 bits per heavy atom. The van der Waals surface area contributed by atoms with E-state index in [1.165, 1.54) is 28.9 Å². The molecule has 5 nitrogen and oxygen atoms in total. The highest BCUT2D eigenvalue weighted by Gasteiger charge is 2.27. The number of benzene rings is 2. The average Bonchev–Trinajstić information content (AvgIpc) is 2.78. The monoisotopic (exact) mass is 405 g/mol. The number of anilines is 1. The first-order valence-corrected chi connectivity index (χ1v) is 10.3. The van der Waals surface area contributed by atoms with Gasteiger partial charge in [-0.2, -0.15) is 5.10 Å². The quantitative estimate of drug-likeness (QED) is 0.679. The van der Waals surface area contributed by atoms with E-state index in [1.807, 2.05) is 37.3 Å². The molecule has 1 heterocycles. The molecule has 2 aromatic carbocycles. The smallest absolute Gasteiger partial charge is 0.271 e. The number of amides is 1. The minimum absolute atomic E-state index is 0.189. The summed E-state index contributed by atoms with van der Waals surface area (Å²) in [6.45, 7) is 1.85. The van der Waals surface area contributed by atoms with Gasteiger partial charge in [0.15, 0.2) is 0 Å². The molecule has 0 aliphatic heterocycles. The van der Waals surface area contributed by atoms with Crippen molar-refractivity contribution in [3.8, 4) is 11.3 Å². The van der Waals surface area contributed by atoms with Gasteiger partial charge in [0.05, 0.1) is 5.69 Å². The van der Waals surface area contributed by atoms with Crippen LogP contribution >= 0.6 is 0 Å². The molecule has 0 bridgehead atoms. The van der Waals surface area contributed by atoms with Crippen molar-refractivity contribution >= 4 is 11.6 Å². The molecule has 0 radical (unpaired) electrons. The van der Waals surface area contributed by atoms with Gasteiger partial charge in [0.25, 0.3) is 5.56 Å². The van der Waals surface area contributed by atoms with Crippen LogP contribution in [0.25, 0.3) is 11.3 Å². The molecule has 1 aromatic heterocycles. The molecule has 154 valence electrons. The molecule has 1 N–H and O–H groups in total. The van der Waals surface area contributed by atoms with Gasteiger partial charge in [0.2, 0.25) is 5.91 Å². The molecule has 30 heavy (non-hydrogen) atoms. The van der Waals surface area contributed by atoms with Crippen LogP contribution in [0.1, 0.15) is 43.4 Å².